The third kappa shape index (κ3) is 2.05. The summed E-state index contributed by atoms with van der Waals surface area (Å²) < 4.78 is 0. The molecule has 52 valence electrons. The molecular weight excluding hydrogens is 131 g/mol. The van der Waals surface area contributed by atoms with Crippen molar-refractivity contribution >= 4 is 14.8 Å². The van der Waals surface area contributed by atoms with Gasteiger partial charge in [-0.25, -0.2) is 0 Å². The SMILES string of the molecule is CN1CCN(C=P)CC1. The van der Waals surface area contributed by atoms with Gasteiger partial charge in [-0.2, -0.15) is 0 Å². The third-order valence-corrected chi connectivity index (χ3v) is 2.09. The summed E-state index contributed by atoms with van der Waals surface area (Å²) >= 11 is 0. The summed E-state index contributed by atoms with van der Waals surface area (Å²) in [5, 5.41) is 0. The Morgan fingerprint density at radius 2 is 1.78 bits per heavy atom. The molecule has 1 fully saturated rings. The van der Waals surface area contributed by atoms with Gasteiger partial charge in [0.05, 0.1) is 0 Å². The Hall–Kier alpha value is 0.0900. The largest absolute Gasteiger partial charge is 0.304 e. The van der Waals surface area contributed by atoms with Crippen LogP contribution < -0.4 is 0 Å². The lowest BCUT2D eigenvalue weighted by molar-refractivity contribution is 0.221. The molecule has 0 aromatic heterocycles. The Kier molecular flexibility index (Phi) is 2.65. The molecule has 0 aromatic carbocycles. The van der Waals surface area contributed by atoms with Crippen LogP contribution in [0.25, 0.3) is 0 Å². The van der Waals surface area contributed by atoms with Crippen LogP contribution in [0, 0.1) is 0 Å². The molecule has 3 heteroatoms. The molecule has 0 aromatic rings. The first-order valence-corrected chi connectivity index (χ1v) is 3.84. The van der Waals surface area contributed by atoms with E-state index in [-0.39, 0.29) is 0 Å². The first-order chi connectivity index (χ1) is 4.33. The smallest absolute Gasteiger partial charge is 0.0156 e. The van der Waals surface area contributed by atoms with Gasteiger partial charge in [0.2, 0.25) is 0 Å². The zero-order chi connectivity index (χ0) is 6.69. The molecule has 0 saturated carbocycles. The maximum Gasteiger partial charge on any atom is 0.0156 e. The van der Waals surface area contributed by atoms with Gasteiger partial charge in [0.25, 0.3) is 0 Å². The lowest BCUT2D eigenvalue weighted by atomic mass is 10.4. The number of hydrogen-bond donors (Lipinski definition) is 0. The second-order valence-corrected chi connectivity index (χ2v) is 2.73. The van der Waals surface area contributed by atoms with E-state index in [0.29, 0.717) is 0 Å². The topological polar surface area (TPSA) is 6.48 Å². The van der Waals surface area contributed by atoms with Crippen LogP contribution in [0.1, 0.15) is 0 Å². The van der Waals surface area contributed by atoms with Crippen molar-refractivity contribution in [1.29, 1.82) is 0 Å². The minimum Gasteiger partial charge on any atom is -0.304 e. The predicted molar refractivity (Wildman–Crippen MR) is 43.4 cm³/mol. The van der Waals surface area contributed by atoms with Gasteiger partial charge in [-0.3, -0.25) is 4.90 Å². The van der Waals surface area contributed by atoms with Crippen molar-refractivity contribution < 1.29 is 0 Å². The van der Waals surface area contributed by atoms with E-state index in [9.17, 15) is 0 Å². The highest BCUT2D eigenvalue weighted by Crippen LogP contribution is 1.95. The average molecular weight is 144 g/mol. The molecule has 2 nitrogen and oxygen atoms in total. The number of rotatable bonds is 1. The molecule has 1 rings (SSSR count). The number of hydrogen-bond acceptors (Lipinski definition) is 1. The lowest BCUT2D eigenvalue weighted by Gasteiger charge is -2.29. The van der Waals surface area contributed by atoms with Crippen LogP contribution in [-0.2, 0) is 0 Å². The molecule has 0 unspecified atom stereocenters. The van der Waals surface area contributed by atoms with Gasteiger partial charge in [-0.05, 0) is 7.05 Å². The monoisotopic (exact) mass is 144 g/mol. The zero-order valence-corrected chi connectivity index (χ0v) is 6.80. The first-order valence-electron chi connectivity index (χ1n) is 3.26. The van der Waals surface area contributed by atoms with Gasteiger partial charge in [-0.1, -0.05) is 0 Å². The van der Waals surface area contributed by atoms with Crippen molar-refractivity contribution in [3.05, 3.63) is 0 Å². The third-order valence-electron chi connectivity index (χ3n) is 1.72. The molecule has 0 atom stereocenters. The Bertz CT molecular complexity index is 97.2. The molecule has 0 N–H and O–H groups in total. The van der Waals surface area contributed by atoms with Crippen LogP contribution in [0.4, 0.5) is 0 Å². The van der Waals surface area contributed by atoms with Crippen LogP contribution in [0.3, 0.4) is 0 Å². The Morgan fingerprint density at radius 3 is 2.22 bits per heavy atom. The molecule has 0 amide bonds. The van der Waals surface area contributed by atoms with Crippen molar-refractivity contribution in [3.8, 4) is 0 Å². The van der Waals surface area contributed by atoms with Crippen molar-refractivity contribution in [2.24, 2.45) is 0 Å². The summed E-state index contributed by atoms with van der Waals surface area (Å²) in [5.41, 5.74) is 0. The number of nitrogens with zero attached hydrogens (tertiary/aromatic N) is 2. The quantitative estimate of drug-likeness (QED) is 0.483. The van der Waals surface area contributed by atoms with Crippen LogP contribution in [0.2, 0.25) is 0 Å². The fraction of sp³-hybridized carbons (Fsp3) is 0.833. The second-order valence-electron chi connectivity index (χ2n) is 2.47. The van der Waals surface area contributed by atoms with Crippen molar-refractivity contribution in [1.82, 2.24) is 9.80 Å². The molecule has 1 saturated heterocycles. The van der Waals surface area contributed by atoms with E-state index < -0.39 is 0 Å². The molecule has 0 spiro atoms. The summed E-state index contributed by atoms with van der Waals surface area (Å²) in [6, 6.07) is 0. The molecular formula is C6H13N2P. The molecule has 1 aliphatic heterocycles. The van der Waals surface area contributed by atoms with E-state index in [1.54, 1.807) is 0 Å². The predicted octanol–water partition coefficient (Wildman–Crippen LogP) is 0.136. The Morgan fingerprint density at radius 1 is 1.22 bits per heavy atom. The molecule has 0 bridgehead atoms. The van der Waals surface area contributed by atoms with E-state index in [1.807, 2.05) is 5.92 Å². The number of piperazine rings is 1. The Balaban J connectivity index is 2.26. The van der Waals surface area contributed by atoms with Crippen molar-refractivity contribution in [2.75, 3.05) is 33.2 Å². The summed E-state index contributed by atoms with van der Waals surface area (Å²) in [7, 11) is 5.52. The highest BCUT2D eigenvalue weighted by Gasteiger charge is 2.09. The maximum absolute atomic E-state index is 3.36. The first kappa shape index (κ1) is 7.20. The van der Waals surface area contributed by atoms with Crippen LogP contribution >= 0.6 is 8.86 Å². The maximum atomic E-state index is 3.36. The van der Waals surface area contributed by atoms with Gasteiger partial charge >= 0.3 is 0 Å². The zero-order valence-electron chi connectivity index (χ0n) is 5.80. The molecule has 0 aliphatic carbocycles. The fourth-order valence-corrected chi connectivity index (χ4v) is 1.21. The lowest BCUT2D eigenvalue weighted by Crippen LogP contribution is -2.43. The normalized spacial score (nSPS) is 24.1. The van der Waals surface area contributed by atoms with E-state index in [1.165, 1.54) is 13.1 Å². The molecule has 9 heavy (non-hydrogen) atoms. The highest BCUT2D eigenvalue weighted by atomic mass is 31.0. The minimum absolute atomic E-state index is 1.15. The van der Waals surface area contributed by atoms with Crippen LogP contribution in [0.15, 0.2) is 0 Å². The molecule has 0 radical (unpaired) electrons. The van der Waals surface area contributed by atoms with Gasteiger partial charge in [0.1, 0.15) is 0 Å². The fourth-order valence-electron chi connectivity index (χ4n) is 0.951. The van der Waals surface area contributed by atoms with E-state index in [4.69, 9.17) is 0 Å². The van der Waals surface area contributed by atoms with E-state index >= 15 is 0 Å². The van der Waals surface area contributed by atoms with Crippen molar-refractivity contribution in [3.63, 3.8) is 0 Å². The van der Waals surface area contributed by atoms with Crippen LogP contribution in [-0.4, -0.2) is 48.9 Å². The van der Waals surface area contributed by atoms with Crippen LogP contribution in [0.5, 0.6) is 0 Å². The summed E-state index contributed by atoms with van der Waals surface area (Å²) in [6.45, 7) is 4.67. The number of likely N-dealkylation sites (N-methyl/N-ethyl adjacent to an activating group) is 1. The standard InChI is InChI=1S/C6H13N2P/c1-7-2-4-8(6-9)5-3-7/h6,9H,2-5H2,1H3. The van der Waals surface area contributed by atoms with E-state index in [2.05, 4.69) is 25.7 Å². The van der Waals surface area contributed by atoms with E-state index in [0.717, 1.165) is 13.1 Å². The van der Waals surface area contributed by atoms with Gasteiger partial charge in [0, 0.05) is 32.1 Å². The molecule has 1 aliphatic rings. The molecule has 1 heterocycles. The van der Waals surface area contributed by atoms with Crippen molar-refractivity contribution in [2.45, 2.75) is 0 Å². The summed E-state index contributed by atoms with van der Waals surface area (Å²) in [6.07, 6.45) is 0. The average Bonchev–Trinajstić information content (AvgIpc) is 1.90. The van der Waals surface area contributed by atoms with Gasteiger partial charge < -0.3 is 4.90 Å². The summed E-state index contributed by atoms with van der Waals surface area (Å²) in [5.74, 6) is 1.98. The second kappa shape index (κ2) is 3.31. The van der Waals surface area contributed by atoms with Gasteiger partial charge in [0.15, 0.2) is 0 Å². The summed E-state index contributed by atoms with van der Waals surface area (Å²) in [4.78, 5) is 4.61. The minimum atomic E-state index is 1.15. The van der Waals surface area contributed by atoms with Gasteiger partial charge in [-0.15, -0.1) is 8.86 Å². The highest BCUT2D eigenvalue weighted by molar-refractivity contribution is 7.18. The Labute approximate surface area is 58.7 Å².